The molecule has 1 rings (SSSR count). The molecular weight excluding hydrogens is 292 g/mol. The van der Waals surface area contributed by atoms with Crippen molar-refractivity contribution in [2.24, 2.45) is 11.7 Å². The van der Waals surface area contributed by atoms with Crippen LogP contribution in [-0.2, 0) is 6.42 Å². The minimum absolute atomic E-state index is 0.395. The molecule has 1 unspecified atom stereocenters. The van der Waals surface area contributed by atoms with Crippen LogP contribution in [0.4, 0.5) is 0 Å². The van der Waals surface area contributed by atoms with Gasteiger partial charge in [-0.2, -0.15) is 0 Å². The quantitative estimate of drug-likeness (QED) is 0.813. The third-order valence-corrected chi connectivity index (χ3v) is 3.71. The molecule has 1 aromatic carbocycles. The molecule has 0 aliphatic rings. The largest absolute Gasteiger partial charge is 0.496 e. The molecule has 0 saturated carbocycles. The highest BCUT2D eigenvalue weighted by Crippen LogP contribution is 2.25. The molecule has 1 atom stereocenters. The van der Waals surface area contributed by atoms with Crippen LogP contribution in [-0.4, -0.2) is 26.2 Å². The number of methoxy groups -OCH3 is 1. The first-order valence-electron chi connectivity index (χ1n) is 6.34. The molecule has 4 heteroatoms. The van der Waals surface area contributed by atoms with Crippen molar-refractivity contribution in [3.05, 3.63) is 28.2 Å². The van der Waals surface area contributed by atoms with Crippen LogP contribution in [0.3, 0.4) is 0 Å². The highest BCUT2D eigenvalue weighted by atomic mass is 79.9. The van der Waals surface area contributed by atoms with E-state index in [1.165, 1.54) is 5.56 Å². The average molecular weight is 315 g/mol. The molecule has 0 heterocycles. The fraction of sp³-hybridized carbons (Fsp3) is 0.571. The molecule has 0 spiro atoms. The summed E-state index contributed by atoms with van der Waals surface area (Å²) in [7, 11) is 1.68. The van der Waals surface area contributed by atoms with Crippen molar-refractivity contribution in [1.82, 2.24) is 5.32 Å². The lowest BCUT2D eigenvalue weighted by molar-refractivity contribution is 0.407. The predicted octanol–water partition coefficient (Wildman–Crippen LogP) is 2.57. The second-order valence-corrected chi connectivity index (χ2v) is 5.61. The van der Waals surface area contributed by atoms with Crippen molar-refractivity contribution in [2.45, 2.75) is 26.3 Å². The molecule has 0 aliphatic heterocycles. The van der Waals surface area contributed by atoms with Crippen LogP contribution in [0.2, 0.25) is 0 Å². The van der Waals surface area contributed by atoms with Crippen molar-refractivity contribution < 1.29 is 4.74 Å². The van der Waals surface area contributed by atoms with Gasteiger partial charge in [0.05, 0.1) is 11.6 Å². The summed E-state index contributed by atoms with van der Waals surface area (Å²) in [6, 6.07) is 6.58. The standard InChI is InChI=1S/C14H23BrN2O/c1-10(2)13(9-16)17-7-6-11-4-5-14(18-3)12(15)8-11/h4-5,8,10,13,17H,6-7,9,16H2,1-3H3. The highest BCUT2D eigenvalue weighted by Gasteiger charge is 2.09. The number of rotatable bonds is 7. The van der Waals surface area contributed by atoms with E-state index in [9.17, 15) is 0 Å². The lowest BCUT2D eigenvalue weighted by Gasteiger charge is -2.20. The Morgan fingerprint density at radius 2 is 2.11 bits per heavy atom. The molecule has 0 aromatic heterocycles. The smallest absolute Gasteiger partial charge is 0.133 e. The Morgan fingerprint density at radius 3 is 2.61 bits per heavy atom. The van der Waals surface area contributed by atoms with Gasteiger partial charge in [-0.05, 0) is 52.5 Å². The second kappa shape index (κ2) is 7.77. The van der Waals surface area contributed by atoms with E-state index in [0.29, 0.717) is 18.5 Å². The van der Waals surface area contributed by atoms with Crippen molar-refractivity contribution >= 4 is 15.9 Å². The van der Waals surface area contributed by atoms with Crippen LogP contribution < -0.4 is 15.8 Å². The summed E-state index contributed by atoms with van der Waals surface area (Å²) in [5.74, 6) is 1.44. The summed E-state index contributed by atoms with van der Waals surface area (Å²) in [6.07, 6.45) is 0.992. The van der Waals surface area contributed by atoms with E-state index >= 15 is 0 Å². The molecule has 0 radical (unpaired) electrons. The Labute approximate surface area is 118 Å². The molecule has 1 aromatic rings. The molecule has 0 amide bonds. The van der Waals surface area contributed by atoms with Gasteiger partial charge in [0.15, 0.2) is 0 Å². The molecule has 0 aliphatic carbocycles. The molecule has 18 heavy (non-hydrogen) atoms. The average Bonchev–Trinajstić information content (AvgIpc) is 2.34. The number of nitrogens with one attached hydrogen (secondary N) is 1. The third kappa shape index (κ3) is 4.59. The summed E-state index contributed by atoms with van der Waals surface area (Å²) < 4.78 is 6.21. The van der Waals surface area contributed by atoms with Crippen molar-refractivity contribution in [3.63, 3.8) is 0 Å². The summed E-state index contributed by atoms with van der Waals surface area (Å²) >= 11 is 3.50. The minimum atomic E-state index is 0.395. The van der Waals surface area contributed by atoms with Crippen LogP contribution in [0.5, 0.6) is 5.75 Å². The maximum Gasteiger partial charge on any atom is 0.133 e. The monoisotopic (exact) mass is 314 g/mol. The van der Waals surface area contributed by atoms with E-state index in [1.807, 2.05) is 6.07 Å². The fourth-order valence-corrected chi connectivity index (χ4v) is 2.45. The van der Waals surface area contributed by atoms with Crippen molar-refractivity contribution in [2.75, 3.05) is 20.2 Å². The predicted molar refractivity (Wildman–Crippen MR) is 80.1 cm³/mol. The van der Waals surface area contributed by atoms with Crippen molar-refractivity contribution in [3.8, 4) is 5.75 Å². The van der Waals surface area contributed by atoms with Crippen LogP contribution in [0.15, 0.2) is 22.7 Å². The molecular formula is C14H23BrN2O. The third-order valence-electron chi connectivity index (χ3n) is 3.10. The van der Waals surface area contributed by atoms with Gasteiger partial charge in [0.2, 0.25) is 0 Å². The van der Waals surface area contributed by atoms with E-state index in [-0.39, 0.29) is 0 Å². The van der Waals surface area contributed by atoms with Gasteiger partial charge in [-0.25, -0.2) is 0 Å². The first-order valence-corrected chi connectivity index (χ1v) is 7.13. The zero-order chi connectivity index (χ0) is 13.5. The Kier molecular flexibility index (Phi) is 6.68. The zero-order valence-corrected chi connectivity index (χ0v) is 13.0. The summed E-state index contributed by atoms with van der Waals surface area (Å²) in [5.41, 5.74) is 7.02. The molecule has 0 saturated heterocycles. The lowest BCUT2D eigenvalue weighted by atomic mass is 10.0. The van der Waals surface area contributed by atoms with Gasteiger partial charge in [-0.3, -0.25) is 0 Å². The number of ether oxygens (including phenoxy) is 1. The maximum atomic E-state index is 5.73. The van der Waals surface area contributed by atoms with E-state index in [2.05, 4.69) is 47.2 Å². The number of hydrogen-bond donors (Lipinski definition) is 2. The first-order chi connectivity index (χ1) is 8.58. The summed E-state index contributed by atoms with van der Waals surface area (Å²) in [4.78, 5) is 0. The van der Waals surface area contributed by atoms with Crippen LogP contribution in [0, 0.1) is 5.92 Å². The number of halogens is 1. The fourth-order valence-electron chi connectivity index (χ4n) is 1.86. The van der Waals surface area contributed by atoms with Gasteiger partial charge >= 0.3 is 0 Å². The van der Waals surface area contributed by atoms with Gasteiger partial charge in [-0.1, -0.05) is 19.9 Å². The first kappa shape index (κ1) is 15.5. The van der Waals surface area contributed by atoms with Gasteiger partial charge in [0.25, 0.3) is 0 Å². The van der Waals surface area contributed by atoms with Gasteiger partial charge in [0, 0.05) is 12.6 Å². The SMILES string of the molecule is COc1ccc(CCNC(CN)C(C)C)cc1Br. The highest BCUT2D eigenvalue weighted by molar-refractivity contribution is 9.10. The molecule has 3 nitrogen and oxygen atoms in total. The second-order valence-electron chi connectivity index (χ2n) is 4.76. The molecule has 3 N–H and O–H groups in total. The Balaban J connectivity index is 2.46. The Hall–Kier alpha value is -0.580. The van der Waals surface area contributed by atoms with E-state index in [1.54, 1.807) is 7.11 Å². The van der Waals surface area contributed by atoms with E-state index in [0.717, 1.165) is 23.2 Å². The number of hydrogen-bond acceptors (Lipinski definition) is 3. The minimum Gasteiger partial charge on any atom is -0.496 e. The van der Waals surface area contributed by atoms with Gasteiger partial charge < -0.3 is 15.8 Å². The number of nitrogens with two attached hydrogens (primary N) is 1. The van der Waals surface area contributed by atoms with Crippen LogP contribution in [0.25, 0.3) is 0 Å². The number of benzene rings is 1. The van der Waals surface area contributed by atoms with Crippen molar-refractivity contribution in [1.29, 1.82) is 0 Å². The molecule has 102 valence electrons. The van der Waals surface area contributed by atoms with E-state index < -0.39 is 0 Å². The summed E-state index contributed by atoms with van der Waals surface area (Å²) in [5, 5.41) is 3.49. The van der Waals surface area contributed by atoms with Gasteiger partial charge in [-0.15, -0.1) is 0 Å². The molecule has 0 bridgehead atoms. The zero-order valence-electron chi connectivity index (χ0n) is 11.4. The summed E-state index contributed by atoms with van der Waals surface area (Å²) in [6.45, 7) is 6.01. The van der Waals surface area contributed by atoms with Crippen LogP contribution in [0.1, 0.15) is 19.4 Å². The topological polar surface area (TPSA) is 47.3 Å². The van der Waals surface area contributed by atoms with E-state index in [4.69, 9.17) is 10.5 Å². The van der Waals surface area contributed by atoms with Crippen LogP contribution >= 0.6 is 15.9 Å². The normalized spacial score (nSPS) is 12.8. The Morgan fingerprint density at radius 1 is 1.39 bits per heavy atom. The van der Waals surface area contributed by atoms with Gasteiger partial charge in [0.1, 0.15) is 5.75 Å². The Bertz CT molecular complexity index is 369. The molecule has 0 fully saturated rings. The maximum absolute atomic E-state index is 5.73. The lowest BCUT2D eigenvalue weighted by Crippen LogP contribution is -2.41.